The van der Waals surface area contributed by atoms with Gasteiger partial charge in [-0.3, -0.25) is 4.79 Å². The molecule has 0 fully saturated rings. The van der Waals surface area contributed by atoms with Gasteiger partial charge < -0.3 is 16.0 Å². The molecule has 0 aliphatic carbocycles. The van der Waals surface area contributed by atoms with Crippen LogP contribution in [-0.2, 0) is 0 Å². The molecule has 0 bridgehead atoms. The van der Waals surface area contributed by atoms with Gasteiger partial charge in [0.25, 0.3) is 5.91 Å². The van der Waals surface area contributed by atoms with E-state index in [1.807, 2.05) is 23.7 Å². The van der Waals surface area contributed by atoms with Crippen molar-refractivity contribution in [1.82, 2.24) is 20.3 Å². The molecule has 7 nitrogen and oxygen atoms in total. The first kappa shape index (κ1) is 24.1. The number of anilines is 3. The van der Waals surface area contributed by atoms with Crippen molar-refractivity contribution < 1.29 is 4.79 Å². The number of carbonyl (C=O) groups is 1. The Morgan fingerprint density at radius 3 is 2.71 bits per heavy atom. The van der Waals surface area contributed by atoms with Gasteiger partial charge in [0.05, 0.1) is 21.3 Å². The first-order valence-corrected chi connectivity index (χ1v) is 13.0. The Morgan fingerprint density at radius 2 is 1.94 bits per heavy atom. The van der Waals surface area contributed by atoms with Crippen molar-refractivity contribution in [2.45, 2.75) is 47.1 Å². The highest BCUT2D eigenvalue weighted by molar-refractivity contribution is 7.16. The van der Waals surface area contributed by atoms with Crippen molar-refractivity contribution >= 4 is 56.0 Å². The molecule has 178 valence electrons. The Hall–Kier alpha value is -3.04. The van der Waals surface area contributed by atoms with E-state index in [4.69, 9.17) is 0 Å². The summed E-state index contributed by atoms with van der Waals surface area (Å²) in [4.78, 5) is 26.1. The topological polar surface area (TPSA) is 91.8 Å². The Kier molecular flexibility index (Phi) is 7.13. The van der Waals surface area contributed by atoms with Crippen LogP contribution in [0.25, 0.3) is 20.8 Å². The van der Waals surface area contributed by atoms with Crippen molar-refractivity contribution in [3.05, 3.63) is 47.0 Å². The highest BCUT2D eigenvalue weighted by Gasteiger charge is 2.17. The molecule has 3 aromatic heterocycles. The van der Waals surface area contributed by atoms with Crippen LogP contribution in [0.1, 0.15) is 51.5 Å². The van der Waals surface area contributed by atoms with Crippen molar-refractivity contribution in [2.75, 3.05) is 17.2 Å². The van der Waals surface area contributed by atoms with Gasteiger partial charge in [-0.25, -0.2) is 15.0 Å². The highest BCUT2D eigenvalue weighted by atomic mass is 32.1. The van der Waals surface area contributed by atoms with Crippen molar-refractivity contribution in [2.24, 2.45) is 5.41 Å². The number of pyridine rings is 1. The van der Waals surface area contributed by atoms with Crippen molar-refractivity contribution in [1.29, 1.82) is 0 Å². The van der Waals surface area contributed by atoms with Gasteiger partial charge in [-0.15, -0.1) is 22.7 Å². The van der Waals surface area contributed by atoms with E-state index in [1.54, 1.807) is 22.9 Å². The zero-order chi connectivity index (χ0) is 24.3. The van der Waals surface area contributed by atoms with Crippen LogP contribution < -0.4 is 16.0 Å². The lowest BCUT2D eigenvalue weighted by Crippen LogP contribution is -2.27. The summed E-state index contributed by atoms with van der Waals surface area (Å²) < 4.78 is 1.12. The maximum absolute atomic E-state index is 12.6. The Labute approximate surface area is 208 Å². The quantitative estimate of drug-likeness (QED) is 0.257. The van der Waals surface area contributed by atoms with Gasteiger partial charge in [0, 0.05) is 41.6 Å². The summed E-state index contributed by atoms with van der Waals surface area (Å²) in [6.45, 7) is 11.3. The SMILES string of the molecule is CC(C)Nc1cc(Nc2ccc3ncsc3c2)ncc1-c1nc(C(=O)NCCC(C)(C)C)cs1. The smallest absolute Gasteiger partial charge is 0.270 e. The minimum absolute atomic E-state index is 0.144. The second-order valence-corrected chi connectivity index (χ2v) is 11.4. The lowest BCUT2D eigenvalue weighted by molar-refractivity contribution is 0.0945. The Morgan fingerprint density at radius 1 is 1.12 bits per heavy atom. The fourth-order valence-corrected chi connectivity index (χ4v) is 4.89. The van der Waals surface area contributed by atoms with Crippen LogP contribution in [0.3, 0.4) is 0 Å². The molecule has 1 aromatic carbocycles. The molecular weight excluding hydrogens is 464 g/mol. The third kappa shape index (κ3) is 6.09. The molecule has 0 aliphatic rings. The molecule has 0 saturated heterocycles. The van der Waals surface area contributed by atoms with Crippen LogP contribution in [0.15, 0.2) is 41.4 Å². The van der Waals surface area contributed by atoms with E-state index in [9.17, 15) is 4.79 Å². The molecule has 0 saturated carbocycles. The number of thiazole rings is 2. The van der Waals surface area contributed by atoms with E-state index in [0.717, 1.165) is 44.4 Å². The van der Waals surface area contributed by atoms with Crippen molar-refractivity contribution in [3.63, 3.8) is 0 Å². The second-order valence-electron chi connectivity index (χ2n) is 9.68. The molecule has 9 heteroatoms. The van der Waals surface area contributed by atoms with Gasteiger partial charge in [-0.2, -0.15) is 0 Å². The number of rotatable bonds is 8. The van der Waals surface area contributed by atoms with E-state index in [-0.39, 0.29) is 17.4 Å². The number of nitrogens with zero attached hydrogens (tertiary/aromatic N) is 3. The van der Waals surface area contributed by atoms with Crippen LogP contribution in [-0.4, -0.2) is 33.4 Å². The standard InChI is InChI=1S/C25H30N6OS2/c1-15(2)29-19-11-22(30-16-6-7-18-21(10-16)34-14-28-18)27-12-17(19)24-31-20(13-33-24)23(32)26-9-8-25(3,4)5/h6-7,10-15H,8-9H2,1-5H3,(H,26,32)(H2,27,29,30). The minimum atomic E-state index is -0.144. The van der Waals surface area contributed by atoms with Crippen LogP contribution in [0.5, 0.6) is 0 Å². The summed E-state index contributed by atoms with van der Waals surface area (Å²) in [5, 5.41) is 12.4. The van der Waals surface area contributed by atoms with Crippen LogP contribution in [0.4, 0.5) is 17.2 Å². The molecule has 3 heterocycles. The molecule has 0 radical (unpaired) electrons. The third-order valence-corrected chi connectivity index (χ3v) is 6.75. The summed E-state index contributed by atoms with van der Waals surface area (Å²) in [5.41, 5.74) is 6.19. The van der Waals surface area contributed by atoms with E-state index >= 15 is 0 Å². The molecule has 0 spiro atoms. The third-order valence-electron chi connectivity index (χ3n) is 5.08. The predicted octanol–water partition coefficient (Wildman–Crippen LogP) is 6.54. The minimum Gasteiger partial charge on any atom is -0.382 e. The first-order valence-electron chi connectivity index (χ1n) is 11.3. The zero-order valence-electron chi connectivity index (χ0n) is 20.1. The van der Waals surface area contributed by atoms with Gasteiger partial charge in [-0.05, 0) is 43.9 Å². The fourth-order valence-electron chi connectivity index (χ4n) is 3.35. The summed E-state index contributed by atoms with van der Waals surface area (Å²) >= 11 is 3.06. The van der Waals surface area contributed by atoms with Crippen molar-refractivity contribution in [3.8, 4) is 10.6 Å². The van der Waals surface area contributed by atoms with E-state index < -0.39 is 0 Å². The lowest BCUT2D eigenvalue weighted by atomic mass is 9.92. The number of aromatic nitrogens is 3. The Bertz CT molecular complexity index is 1290. The molecular formula is C25H30N6OS2. The summed E-state index contributed by atoms with van der Waals surface area (Å²) in [6, 6.07) is 8.28. The van der Waals surface area contributed by atoms with Crippen LogP contribution in [0, 0.1) is 5.41 Å². The maximum Gasteiger partial charge on any atom is 0.270 e. The first-order chi connectivity index (χ1) is 16.2. The van der Waals surface area contributed by atoms with E-state index in [2.05, 4.69) is 71.6 Å². The zero-order valence-corrected chi connectivity index (χ0v) is 21.7. The molecule has 34 heavy (non-hydrogen) atoms. The average Bonchev–Trinajstić information content (AvgIpc) is 3.42. The number of hydrogen-bond donors (Lipinski definition) is 3. The number of benzene rings is 1. The molecule has 4 aromatic rings. The predicted molar refractivity (Wildman–Crippen MR) is 143 cm³/mol. The molecule has 3 N–H and O–H groups in total. The molecule has 0 aliphatic heterocycles. The van der Waals surface area contributed by atoms with Gasteiger partial charge in [-0.1, -0.05) is 20.8 Å². The molecule has 0 unspecified atom stereocenters. The number of fused-ring (bicyclic) bond motifs is 1. The normalized spacial score (nSPS) is 11.7. The molecule has 4 rings (SSSR count). The average molecular weight is 495 g/mol. The van der Waals surface area contributed by atoms with E-state index in [1.165, 1.54) is 11.3 Å². The largest absolute Gasteiger partial charge is 0.382 e. The van der Waals surface area contributed by atoms with Crippen LogP contribution >= 0.6 is 22.7 Å². The maximum atomic E-state index is 12.6. The number of nitrogens with one attached hydrogen (secondary N) is 3. The molecule has 1 amide bonds. The number of amides is 1. The molecule has 0 atom stereocenters. The van der Waals surface area contributed by atoms with Gasteiger partial charge in [0.1, 0.15) is 16.5 Å². The summed E-state index contributed by atoms with van der Waals surface area (Å²) in [5.74, 6) is 0.585. The Balaban J connectivity index is 1.54. The number of carbonyl (C=O) groups excluding carboxylic acids is 1. The monoisotopic (exact) mass is 494 g/mol. The summed E-state index contributed by atoms with van der Waals surface area (Å²) in [6.07, 6.45) is 2.71. The van der Waals surface area contributed by atoms with Crippen LogP contribution in [0.2, 0.25) is 0 Å². The van der Waals surface area contributed by atoms with Gasteiger partial charge in [0.2, 0.25) is 0 Å². The fraction of sp³-hybridized carbons (Fsp3) is 0.360. The highest BCUT2D eigenvalue weighted by Crippen LogP contribution is 2.33. The lowest BCUT2D eigenvalue weighted by Gasteiger charge is -2.17. The van der Waals surface area contributed by atoms with Gasteiger partial charge >= 0.3 is 0 Å². The number of hydrogen-bond acceptors (Lipinski definition) is 8. The van der Waals surface area contributed by atoms with E-state index in [0.29, 0.717) is 12.2 Å². The van der Waals surface area contributed by atoms with Gasteiger partial charge in [0.15, 0.2) is 0 Å². The second kappa shape index (κ2) is 10.1. The summed E-state index contributed by atoms with van der Waals surface area (Å²) in [7, 11) is 0.